The minimum absolute atomic E-state index is 0.0399. The number of carbonyl (C=O) groups is 1. The van der Waals surface area contributed by atoms with Gasteiger partial charge >= 0.3 is 0 Å². The van der Waals surface area contributed by atoms with Crippen molar-refractivity contribution in [1.29, 1.82) is 0 Å². The van der Waals surface area contributed by atoms with Crippen LogP contribution in [0.25, 0.3) is 11.5 Å². The predicted molar refractivity (Wildman–Crippen MR) is 83.6 cm³/mol. The molecule has 0 saturated carbocycles. The number of anilines is 1. The molecule has 1 atom stereocenters. The molecular weight excluding hydrogens is 311 g/mol. The fraction of sp³-hybridized carbons (Fsp3) is 0.176. The normalized spacial score (nSPS) is 17.5. The lowest BCUT2D eigenvalue weighted by Crippen LogP contribution is -2.24. The summed E-state index contributed by atoms with van der Waals surface area (Å²) in [5.41, 5.74) is 1.45. The molecule has 6 nitrogen and oxygen atoms in total. The largest absolute Gasteiger partial charge is 0.334 e. The lowest BCUT2D eigenvalue weighted by Gasteiger charge is -2.15. The van der Waals surface area contributed by atoms with Crippen LogP contribution in [-0.2, 0) is 4.79 Å². The van der Waals surface area contributed by atoms with Crippen LogP contribution in [0.3, 0.4) is 0 Å². The first kappa shape index (κ1) is 14.5. The zero-order chi connectivity index (χ0) is 16.5. The van der Waals surface area contributed by atoms with E-state index in [0.717, 1.165) is 5.56 Å². The maximum atomic E-state index is 13.0. The van der Waals surface area contributed by atoms with E-state index in [-0.39, 0.29) is 17.6 Å². The average molecular weight is 324 g/mol. The first-order chi connectivity index (χ1) is 11.7. The van der Waals surface area contributed by atoms with Crippen molar-refractivity contribution in [3.05, 3.63) is 60.4 Å². The Bertz CT molecular complexity index is 864. The van der Waals surface area contributed by atoms with Crippen LogP contribution in [-0.4, -0.2) is 27.6 Å². The van der Waals surface area contributed by atoms with Gasteiger partial charge in [0.05, 0.1) is 0 Å². The van der Waals surface area contributed by atoms with Gasteiger partial charge in [0.2, 0.25) is 5.91 Å². The third-order valence-corrected chi connectivity index (χ3v) is 4.00. The first-order valence-corrected chi connectivity index (χ1v) is 7.50. The Morgan fingerprint density at radius 2 is 1.88 bits per heavy atom. The number of aromatic nitrogens is 3. The quantitative estimate of drug-likeness (QED) is 0.741. The van der Waals surface area contributed by atoms with E-state index in [4.69, 9.17) is 4.52 Å². The van der Waals surface area contributed by atoms with Crippen molar-refractivity contribution in [1.82, 2.24) is 15.1 Å². The van der Waals surface area contributed by atoms with E-state index in [9.17, 15) is 9.18 Å². The third-order valence-electron chi connectivity index (χ3n) is 4.00. The lowest BCUT2D eigenvalue weighted by molar-refractivity contribution is -0.117. The van der Waals surface area contributed by atoms with E-state index in [1.54, 1.807) is 41.6 Å². The number of nitrogens with zero attached hydrogens (tertiary/aromatic N) is 4. The van der Waals surface area contributed by atoms with Gasteiger partial charge in [0.15, 0.2) is 5.82 Å². The molecule has 0 spiro atoms. The highest BCUT2D eigenvalue weighted by atomic mass is 19.1. The number of hydrogen-bond acceptors (Lipinski definition) is 5. The van der Waals surface area contributed by atoms with E-state index >= 15 is 0 Å². The topological polar surface area (TPSA) is 72.1 Å². The highest BCUT2D eigenvalue weighted by Gasteiger charge is 2.34. The molecule has 24 heavy (non-hydrogen) atoms. The Morgan fingerprint density at radius 3 is 2.62 bits per heavy atom. The van der Waals surface area contributed by atoms with Crippen LogP contribution in [0.4, 0.5) is 10.1 Å². The maximum absolute atomic E-state index is 13.0. The molecular formula is C17H13FN4O2. The minimum atomic E-state index is -0.331. The second-order valence-electron chi connectivity index (χ2n) is 5.58. The number of halogens is 1. The van der Waals surface area contributed by atoms with Crippen LogP contribution in [0.2, 0.25) is 0 Å². The van der Waals surface area contributed by atoms with Gasteiger partial charge in [0.25, 0.3) is 5.89 Å². The summed E-state index contributed by atoms with van der Waals surface area (Å²) in [5.74, 6) is 0.380. The molecule has 1 aliphatic rings. The number of carbonyl (C=O) groups excluding carboxylic acids is 1. The van der Waals surface area contributed by atoms with E-state index in [2.05, 4.69) is 15.1 Å². The second kappa shape index (κ2) is 5.84. The molecule has 1 aliphatic heterocycles. The van der Waals surface area contributed by atoms with Crippen molar-refractivity contribution in [2.75, 3.05) is 11.4 Å². The fourth-order valence-electron chi connectivity index (χ4n) is 2.76. The Labute approximate surface area is 136 Å². The third kappa shape index (κ3) is 2.64. The molecule has 1 amide bonds. The molecule has 2 aromatic heterocycles. The van der Waals surface area contributed by atoms with Crippen LogP contribution in [0.1, 0.15) is 18.2 Å². The summed E-state index contributed by atoms with van der Waals surface area (Å²) < 4.78 is 18.3. The van der Waals surface area contributed by atoms with Gasteiger partial charge in [-0.3, -0.25) is 9.78 Å². The molecule has 1 fully saturated rings. The summed E-state index contributed by atoms with van der Waals surface area (Å²) in [6.45, 7) is 0.444. The second-order valence-corrected chi connectivity index (χ2v) is 5.58. The van der Waals surface area contributed by atoms with Crippen LogP contribution < -0.4 is 4.90 Å². The molecule has 120 valence electrons. The molecule has 3 aromatic rings. The Morgan fingerprint density at radius 1 is 1.12 bits per heavy atom. The molecule has 1 aromatic carbocycles. The van der Waals surface area contributed by atoms with E-state index in [1.165, 1.54) is 12.1 Å². The summed E-state index contributed by atoms with van der Waals surface area (Å²) >= 11 is 0. The molecule has 0 unspecified atom stereocenters. The fourth-order valence-corrected chi connectivity index (χ4v) is 2.76. The number of amides is 1. The Hall–Kier alpha value is -3.09. The van der Waals surface area contributed by atoms with E-state index < -0.39 is 0 Å². The molecule has 1 saturated heterocycles. The van der Waals surface area contributed by atoms with Gasteiger partial charge in [-0.15, -0.1) is 0 Å². The smallest absolute Gasteiger partial charge is 0.258 e. The molecule has 4 rings (SSSR count). The van der Waals surface area contributed by atoms with Crippen molar-refractivity contribution in [2.45, 2.75) is 12.3 Å². The van der Waals surface area contributed by atoms with Gasteiger partial charge in [-0.1, -0.05) is 5.16 Å². The van der Waals surface area contributed by atoms with E-state index in [0.29, 0.717) is 30.4 Å². The molecule has 3 heterocycles. The highest BCUT2D eigenvalue weighted by Crippen LogP contribution is 2.31. The predicted octanol–water partition coefficient (Wildman–Crippen LogP) is 2.79. The number of rotatable bonds is 3. The van der Waals surface area contributed by atoms with Crippen molar-refractivity contribution >= 4 is 11.6 Å². The van der Waals surface area contributed by atoms with Gasteiger partial charge in [0.1, 0.15) is 5.82 Å². The maximum Gasteiger partial charge on any atom is 0.258 e. The summed E-state index contributed by atoms with van der Waals surface area (Å²) in [5, 5.41) is 4.01. The monoisotopic (exact) mass is 324 g/mol. The van der Waals surface area contributed by atoms with Gasteiger partial charge < -0.3 is 9.42 Å². The van der Waals surface area contributed by atoms with Crippen molar-refractivity contribution in [3.8, 4) is 11.5 Å². The summed E-state index contributed by atoms with van der Waals surface area (Å²) in [4.78, 5) is 22.2. The zero-order valence-corrected chi connectivity index (χ0v) is 12.6. The van der Waals surface area contributed by atoms with Gasteiger partial charge in [-0.2, -0.15) is 4.98 Å². The Kier molecular flexibility index (Phi) is 3.53. The SMILES string of the molecule is O=C1C[C@H](c2noc(-c3ccncc3)n2)CN1c1ccc(F)cc1. The van der Waals surface area contributed by atoms with Crippen LogP contribution in [0.15, 0.2) is 53.3 Å². The van der Waals surface area contributed by atoms with Gasteiger partial charge in [-0.25, -0.2) is 4.39 Å². The Balaban J connectivity index is 1.55. The highest BCUT2D eigenvalue weighted by molar-refractivity contribution is 5.96. The molecule has 0 aliphatic carbocycles. The van der Waals surface area contributed by atoms with Crippen LogP contribution in [0.5, 0.6) is 0 Å². The zero-order valence-electron chi connectivity index (χ0n) is 12.6. The van der Waals surface area contributed by atoms with Crippen molar-refractivity contribution < 1.29 is 13.7 Å². The summed E-state index contributed by atoms with van der Waals surface area (Å²) in [6, 6.07) is 9.42. The molecule has 0 radical (unpaired) electrons. The van der Waals surface area contributed by atoms with E-state index in [1.807, 2.05) is 0 Å². The summed E-state index contributed by atoms with van der Waals surface area (Å²) in [6.07, 6.45) is 3.59. The first-order valence-electron chi connectivity index (χ1n) is 7.50. The van der Waals surface area contributed by atoms with Gasteiger partial charge in [0, 0.05) is 42.5 Å². The van der Waals surface area contributed by atoms with Crippen molar-refractivity contribution in [2.24, 2.45) is 0 Å². The molecule has 0 bridgehead atoms. The lowest BCUT2D eigenvalue weighted by atomic mass is 10.1. The number of hydrogen-bond donors (Lipinski definition) is 0. The van der Waals surface area contributed by atoms with Gasteiger partial charge in [-0.05, 0) is 36.4 Å². The molecule has 0 N–H and O–H groups in total. The number of benzene rings is 1. The van der Waals surface area contributed by atoms with Crippen LogP contribution in [0, 0.1) is 5.82 Å². The number of pyridine rings is 1. The van der Waals surface area contributed by atoms with Crippen LogP contribution >= 0.6 is 0 Å². The summed E-state index contributed by atoms with van der Waals surface area (Å²) in [7, 11) is 0. The van der Waals surface area contributed by atoms with Crippen molar-refractivity contribution in [3.63, 3.8) is 0 Å². The standard InChI is InChI=1S/C17H13FN4O2/c18-13-1-3-14(4-2-13)22-10-12(9-15(22)23)16-20-17(24-21-16)11-5-7-19-8-6-11/h1-8,12H,9-10H2/t12-/m0/s1. The molecule has 7 heteroatoms. The minimum Gasteiger partial charge on any atom is -0.334 e. The average Bonchev–Trinajstić information content (AvgIpc) is 3.23.